The molecule has 0 amide bonds. The largest absolute Gasteiger partial charge is 0.476 e. The number of benzene rings is 2. The number of hydrogen-bond donors (Lipinski definition) is 1. The molecule has 2 aromatic carbocycles. The maximum atomic E-state index is 11.8. The van der Waals surface area contributed by atoms with Crippen LogP contribution < -0.4 is 4.90 Å². The Labute approximate surface area is 195 Å². The first-order valence-electron chi connectivity index (χ1n) is 11.5. The van der Waals surface area contributed by atoms with Crippen LogP contribution in [0, 0.1) is 0 Å². The Kier molecular flexibility index (Phi) is 7.16. The van der Waals surface area contributed by atoms with E-state index < -0.39 is 14.0 Å². The lowest BCUT2D eigenvalue weighted by Gasteiger charge is -2.19. The van der Waals surface area contributed by atoms with Crippen molar-refractivity contribution in [2.24, 2.45) is 0 Å². The standard InChI is InChI=1S/C25H33N3O4Si/c1-33(2,3)14-13-31-18-28-23-10-9-20(15-22(23)24(26-28)25(29)30)27-12-11-21(16-27)32-17-19-7-5-4-6-8-19/h4-10,15,21H,11-14,16-18H2,1-3H3,(H,29,30). The van der Waals surface area contributed by atoms with Crippen LogP contribution in [0.25, 0.3) is 10.9 Å². The summed E-state index contributed by atoms with van der Waals surface area (Å²) in [6, 6.07) is 17.2. The summed E-state index contributed by atoms with van der Waals surface area (Å²) in [7, 11) is -1.18. The Bertz CT molecular complexity index is 1090. The van der Waals surface area contributed by atoms with Crippen molar-refractivity contribution in [1.82, 2.24) is 9.78 Å². The molecule has 0 aliphatic carbocycles. The van der Waals surface area contributed by atoms with Crippen LogP contribution in [-0.4, -0.2) is 54.7 Å². The topological polar surface area (TPSA) is 76.8 Å². The molecular formula is C25H33N3O4Si. The SMILES string of the molecule is C[Si](C)(C)CCOCn1nc(C(=O)O)c2cc(N3CCC(OCc4ccccc4)C3)ccc21. The first kappa shape index (κ1) is 23.5. The molecule has 1 unspecified atom stereocenters. The number of rotatable bonds is 10. The molecule has 33 heavy (non-hydrogen) atoms. The van der Waals surface area contributed by atoms with E-state index in [0.29, 0.717) is 18.6 Å². The van der Waals surface area contributed by atoms with Gasteiger partial charge in [-0.15, -0.1) is 0 Å². The van der Waals surface area contributed by atoms with Crippen molar-refractivity contribution in [2.75, 3.05) is 24.6 Å². The van der Waals surface area contributed by atoms with E-state index in [1.54, 1.807) is 4.68 Å². The molecule has 0 radical (unpaired) electrons. The summed E-state index contributed by atoms with van der Waals surface area (Å²) < 4.78 is 13.6. The minimum atomic E-state index is -1.18. The van der Waals surface area contributed by atoms with Gasteiger partial charge in [0.2, 0.25) is 0 Å². The fraction of sp³-hybridized carbons (Fsp3) is 0.440. The molecule has 8 heteroatoms. The third-order valence-corrected chi connectivity index (χ3v) is 7.69. The van der Waals surface area contributed by atoms with Gasteiger partial charge in [0.05, 0.1) is 18.2 Å². The first-order chi connectivity index (χ1) is 15.8. The molecule has 0 saturated carbocycles. The van der Waals surface area contributed by atoms with Crippen LogP contribution in [0.15, 0.2) is 48.5 Å². The predicted molar refractivity (Wildman–Crippen MR) is 133 cm³/mol. The van der Waals surface area contributed by atoms with Crippen molar-refractivity contribution >= 4 is 30.6 Å². The molecule has 176 valence electrons. The second kappa shape index (κ2) is 10.1. The van der Waals surface area contributed by atoms with E-state index in [2.05, 4.69) is 41.8 Å². The summed E-state index contributed by atoms with van der Waals surface area (Å²) >= 11 is 0. The number of ether oxygens (including phenoxy) is 2. The van der Waals surface area contributed by atoms with Crippen molar-refractivity contribution in [3.63, 3.8) is 0 Å². The summed E-state index contributed by atoms with van der Waals surface area (Å²) in [5.41, 5.74) is 3.01. The van der Waals surface area contributed by atoms with E-state index in [1.165, 1.54) is 5.56 Å². The smallest absolute Gasteiger partial charge is 0.357 e. The fourth-order valence-electron chi connectivity index (χ4n) is 4.04. The highest BCUT2D eigenvalue weighted by atomic mass is 28.3. The molecule has 2 heterocycles. The van der Waals surface area contributed by atoms with E-state index in [4.69, 9.17) is 9.47 Å². The Hall–Kier alpha value is -2.68. The van der Waals surface area contributed by atoms with Crippen LogP contribution in [-0.2, 0) is 22.8 Å². The van der Waals surface area contributed by atoms with E-state index in [1.807, 2.05) is 36.4 Å². The van der Waals surface area contributed by atoms with Crippen molar-refractivity contribution in [3.05, 3.63) is 59.8 Å². The number of aromatic carboxylic acids is 1. The summed E-state index contributed by atoms with van der Waals surface area (Å²) in [5, 5.41) is 14.7. The number of aromatic nitrogens is 2. The zero-order chi connectivity index (χ0) is 23.4. The number of hydrogen-bond acceptors (Lipinski definition) is 5. The average molecular weight is 468 g/mol. The zero-order valence-corrected chi connectivity index (χ0v) is 20.7. The van der Waals surface area contributed by atoms with Gasteiger partial charge < -0.3 is 19.5 Å². The van der Waals surface area contributed by atoms with Gasteiger partial charge in [-0.25, -0.2) is 9.48 Å². The molecule has 1 atom stereocenters. The van der Waals surface area contributed by atoms with Crippen LogP contribution in [0.1, 0.15) is 22.5 Å². The van der Waals surface area contributed by atoms with Gasteiger partial charge in [0, 0.05) is 38.8 Å². The number of fused-ring (bicyclic) bond motifs is 1. The summed E-state index contributed by atoms with van der Waals surface area (Å²) in [5.74, 6) is -1.02. The lowest BCUT2D eigenvalue weighted by atomic mass is 10.1. The molecule has 0 bridgehead atoms. The molecule has 1 aliphatic heterocycles. The summed E-state index contributed by atoms with van der Waals surface area (Å²) in [4.78, 5) is 14.1. The monoisotopic (exact) mass is 467 g/mol. The van der Waals surface area contributed by atoms with Crippen LogP contribution in [0.5, 0.6) is 0 Å². The summed E-state index contributed by atoms with van der Waals surface area (Å²) in [6.45, 7) is 10.1. The van der Waals surface area contributed by atoms with Gasteiger partial charge in [-0.1, -0.05) is 50.0 Å². The van der Waals surface area contributed by atoms with Crippen LogP contribution in [0.3, 0.4) is 0 Å². The van der Waals surface area contributed by atoms with Gasteiger partial charge in [0.1, 0.15) is 6.73 Å². The normalized spacial score (nSPS) is 16.6. The fourth-order valence-corrected chi connectivity index (χ4v) is 4.79. The van der Waals surface area contributed by atoms with Crippen molar-refractivity contribution in [1.29, 1.82) is 0 Å². The predicted octanol–water partition coefficient (Wildman–Crippen LogP) is 4.84. The second-order valence-corrected chi connectivity index (χ2v) is 15.5. The molecule has 1 fully saturated rings. The van der Waals surface area contributed by atoms with Crippen molar-refractivity contribution in [3.8, 4) is 0 Å². The number of carbonyl (C=O) groups is 1. The molecule has 7 nitrogen and oxygen atoms in total. The second-order valence-electron chi connectivity index (χ2n) is 9.86. The van der Waals surface area contributed by atoms with Crippen molar-refractivity contribution in [2.45, 2.75) is 51.5 Å². The molecule has 1 aromatic heterocycles. The van der Waals surface area contributed by atoms with Crippen LogP contribution in [0.4, 0.5) is 5.69 Å². The highest BCUT2D eigenvalue weighted by Crippen LogP contribution is 2.28. The molecule has 0 spiro atoms. The Morgan fingerprint density at radius 2 is 1.97 bits per heavy atom. The molecule has 1 aliphatic rings. The highest BCUT2D eigenvalue weighted by Gasteiger charge is 2.25. The van der Waals surface area contributed by atoms with E-state index >= 15 is 0 Å². The molecule has 3 aromatic rings. The van der Waals surface area contributed by atoms with Gasteiger partial charge in [0.15, 0.2) is 5.69 Å². The van der Waals surface area contributed by atoms with Gasteiger partial charge >= 0.3 is 5.97 Å². The molecule has 4 rings (SSSR count). The number of anilines is 1. The summed E-state index contributed by atoms with van der Waals surface area (Å²) in [6.07, 6.45) is 1.10. The van der Waals surface area contributed by atoms with Crippen LogP contribution >= 0.6 is 0 Å². The van der Waals surface area contributed by atoms with Crippen molar-refractivity contribution < 1.29 is 19.4 Å². The zero-order valence-electron chi connectivity index (χ0n) is 19.7. The lowest BCUT2D eigenvalue weighted by molar-refractivity contribution is 0.0553. The Morgan fingerprint density at radius 3 is 2.70 bits per heavy atom. The van der Waals surface area contributed by atoms with Gasteiger partial charge in [0.25, 0.3) is 0 Å². The number of nitrogens with zero attached hydrogens (tertiary/aromatic N) is 3. The molecular weight excluding hydrogens is 434 g/mol. The average Bonchev–Trinajstić information content (AvgIpc) is 3.40. The minimum absolute atomic E-state index is 0.0664. The molecule has 1 saturated heterocycles. The number of carboxylic acids is 1. The maximum Gasteiger partial charge on any atom is 0.357 e. The Morgan fingerprint density at radius 1 is 1.18 bits per heavy atom. The highest BCUT2D eigenvalue weighted by molar-refractivity contribution is 6.76. The first-order valence-corrected chi connectivity index (χ1v) is 15.2. The van der Waals surface area contributed by atoms with E-state index in [0.717, 1.165) is 36.8 Å². The maximum absolute atomic E-state index is 11.8. The van der Waals surface area contributed by atoms with E-state index in [9.17, 15) is 9.90 Å². The van der Waals surface area contributed by atoms with Gasteiger partial charge in [-0.3, -0.25) is 0 Å². The van der Waals surface area contributed by atoms with E-state index in [-0.39, 0.29) is 18.5 Å². The quantitative estimate of drug-likeness (QED) is 0.340. The van der Waals surface area contributed by atoms with Crippen LogP contribution in [0.2, 0.25) is 25.7 Å². The van der Waals surface area contributed by atoms with Gasteiger partial charge in [-0.05, 0) is 36.2 Å². The third kappa shape index (κ3) is 6.01. The Balaban J connectivity index is 1.43. The lowest BCUT2D eigenvalue weighted by Crippen LogP contribution is -2.22. The van der Waals surface area contributed by atoms with Gasteiger partial charge in [-0.2, -0.15) is 5.10 Å². The third-order valence-electron chi connectivity index (χ3n) is 5.99. The minimum Gasteiger partial charge on any atom is -0.476 e. The molecule has 1 N–H and O–H groups in total. The number of carboxylic acid groups (broad SMARTS) is 1.